The normalized spacial score (nSPS) is 25.0. The molecule has 1 aliphatic rings. The topological polar surface area (TPSA) is 45.2 Å². The second-order valence-electron chi connectivity index (χ2n) is 4.69. The average Bonchev–Trinajstić information content (AvgIpc) is 2.39. The maximum atomic E-state index is 10.8. The molecule has 0 radical (unpaired) electrons. The summed E-state index contributed by atoms with van der Waals surface area (Å²) in [6.07, 6.45) is 3.61. The quantitative estimate of drug-likeness (QED) is 0.782. The lowest BCUT2D eigenvalue weighted by Gasteiger charge is -2.33. The first-order valence-electron chi connectivity index (χ1n) is 6.07. The van der Waals surface area contributed by atoms with Crippen LogP contribution in [-0.2, 0) is 5.60 Å². The number of aromatic nitrogens is 1. The van der Waals surface area contributed by atoms with Crippen molar-refractivity contribution in [1.29, 1.82) is 0 Å². The lowest BCUT2D eigenvalue weighted by atomic mass is 9.84. The number of fused-ring (bicyclic) bond motifs is 1. The van der Waals surface area contributed by atoms with E-state index in [1.54, 1.807) is 6.20 Å². The van der Waals surface area contributed by atoms with Gasteiger partial charge >= 0.3 is 0 Å². The van der Waals surface area contributed by atoms with E-state index in [0.717, 1.165) is 35.9 Å². The van der Waals surface area contributed by atoms with Crippen molar-refractivity contribution in [2.24, 2.45) is 0 Å². The van der Waals surface area contributed by atoms with Crippen LogP contribution in [0, 0.1) is 0 Å². The molecule has 2 aromatic rings. The third-order valence-electron chi connectivity index (χ3n) is 3.51. The van der Waals surface area contributed by atoms with E-state index < -0.39 is 5.60 Å². The van der Waals surface area contributed by atoms with Gasteiger partial charge in [-0.1, -0.05) is 18.2 Å². The molecule has 1 unspecified atom stereocenters. The van der Waals surface area contributed by atoms with Gasteiger partial charge in [-0.2, -0.15) is 0 Å². The molecule has 0 saturated carbocycles. The Bertz CT molecular complexity index is 527. The fraction of sp³-hybridized carbons (Fsp3) is 0.357. The number of rotatable bonds is 1. The Labute approximate surface area is 100 Å². The Morgan fingerprint density at radius 3 is 3.00 bits per heavy atom. The molecule has 1 fully saturated rings. The molecule has 2 N–H and O–H groups in total. The van der Waals surface area contributed by atoms with Crippen molar-refractivity contribution in [3.63, 3.8) is 0 Å². The number of pyridine rings is 1. The summed E-state index contributed by atoms with van der Waals surface area (Å²) in [4.78, 5) is 4.34. The molecule has 3 heteroatoms. The van der Waals surface area contributed by atoms with Gasteiger partial charge in [-0.3, -0.25) is 4.98 Å². The van der Waals surface area contributed by atoms with E-state index in [9.17, 15) is 5.11 Å². The largest absolute Gasteiger partial charge is 0.384 e. The van der Waals surface area contributed by atoms with Crippen LogP contribution in [0.5, 0.6) is 0 Å². The zero-order valence-corrected chi connectivity index (χ0v) is 9.69. The van der Waals surface area contributed by atoms with Gasteiger partial charge in [0, 0.05) is 18.1 Å². The lowest BCUT2D eigenvalue weighted by Crippen LogP contribution is -2.43. The standard InChI is InChI=1S/C14H16N2O/c17-14(7-3-8-15-10-14)12-5-1-6-13-11(12)4-2-9-16-13/h1-2,4-6,9,15,17H,3,7-8,10H2. The predicted molar refractivity (Wildman–Crippen MR) is 67.7 cm³/mol. The number of benzene rings is 1. The highest BCUT2D eigenvalue weighted by Crippen LogP contribution is 2.32. The fourth-order valence-corrected chi connectivity index (χ4v) is 2.63. The molecule has 17 heavy (non-hydrogen) atoms. The third kappa shape index (κ3) is 1.81. The highest BCUT2D eigenvalue weighted by Gasteiger charge is 2.32. The van der Waals surface area contributed by atoms with Gasteiger partial charge in [0.05, 0.1) is 5.52 Å². The van der Waals surface area contributed by atoms with Gasteiger partial charge in [0.1, 0.15) is 5.60 Å². The van der Waals surface area contributed by atoms with E-state index in [0.29, 0.717) is 6.54 Å². The van der Waals surface area contributed by atoms with Crippen LogP contribution >= 0.6 is 0 Å². The number of nitrogens with one attached hydrogen (secondary N) is 1. The summed E-state index contributed by atoms with van der Waals surface area (Å²) in [5, 5.41) is 15.1. The highest BCUT2D eigenvalue weighted by atomic mass is 16.3. The summed E-state index contributed by atoms with van der Waals surface area (Å²) in [5.74, 6) is 0. The number of β-amino-alcohol motifs (C(OH)–C–C–N with tert-alkyl or cyclic N) is 1. The number of hydrogen-bond donors (Lipinski definition) is 2. The molecule has 2 heterocycles. The minimum absolute atomic E-state index is 0.626. The summed E-state index contributed by atoms with van der Waals surface area (Å²) < 4.78 is 0. The van der Waals surface area contributed by atoms with Crippen LogP contribution in [-0.4, -0.2) is 23.2 Å². The minimum atomic E-state index is -0.749. The van der Waals surface area contributed by atoms with Crippen molar-refractivity contribution in [2.75, 3.05) is 13.1 Å². The average molecular weight is 228 g/mol. The van der Waals surface area contributed by atoms with E-state index in [1.807, 2.05) is 30.3 Å². The van der Waals surface area contributed by atoms with Gasteiger partial charge in [-0.15, -0.1) is 0 Å². The molecule has 1 aromatic heterocycles. The second-order valence-corrected chi connectivity index (χ2v) is 4.69. The molecule has 0 aliphatic carbocycles. The van der Waals surface area contributed by atoms with Gasteiger partial charge in [0.15, 0.2) is 0 Å². The molecule has 0 spiro atoms. The number of hydrogen-bond acceptors (Lipinski definition) is 3. The minimum Gasteiger partial charge on any atom is -0.384 e. The van der Waals surface area contributed by atoms with Crippen LogP contribution < -0.4 is 5.32 Å². The lowest BCUT2D eigenvalue weighted by molar-refractivity contribution is 0.0137. The smallest absolute Gasteiger partial charge is 0.103 e. The number of aliphatic hydroxyl groups is 1. The van der Waals surface area contributed by atoms with Crippen molar-refractivity contribution in [3.05, 3.63) is 42.1 Å². The first-order chi connectivity index (χ1) is 8.30. The van der Waals surface area contributed by atoms with Crippen molar-refractivity contribution in [1.82, 2.24) is 10.3 Å². The molecular weight excluding hydrogens is 212 g/mol. The van der Waals surface area contributed by atoms with E-state index in [1.165, 1.54) is 0 Å². The summed E-state index contributed by atoms with van der Waals surface area (Å²) in [5.41, 5.74) is 1.19. The molecule has 1 aliphatic heterocycles. The number of piperidine rings is 1. The van der Waals surface area contributed by atoms with Crippen LogP contribution in [0.1, 0.15) is 18.4 Å². The molecule has 3 rings (SSSR count). The SMILES string of the molecule is OC1(c2cccc3ncccc23)CCCNC1. The maximum absolute atomic E-state index is 10.8. The molecule has 0 amide bonds. The summed E-state index contributed by atoms with van der Waals surface area (Å²) in [7, 11) is 0. The van der Waals surface area contributed by atoms with Gasteiger partial charge in [-0.25, -0.2) is 0 Å². The van der Waals surface area contributed by atoms with E-state index in [-0.39, 0.29) is 0 Å². The maximum Gasteiger partial charge on any atom is 0.103 e. The van der Waals surface area contributed by atoms with E-state index in [2.05, 4.69) is 10.3 Å². The van der Waals surface area contributed by atoms with Gasteiger partial charge in [0.2, 0.25) is 0 Å². The van der Waals surface area contributed by atoms with Crippen LogP contribution in [0.4, 0.5) is 0 Å². The fourth-order valence-electron chi connectivity index (χ4n) is 2.63. The molecule has 1 aromatic carbocycles. The molecule has 1 saturated heterocycles. The van der Waals surface area contributed by atoms with Crippen molar-refractivity contribution >= 4 is 10.9 Å². The molecule has 88 valence electrons. The Balaban J connectivity index is 2.16. The predicted octanol–water partition coefficient (Wildman–Crippen LogP) is 1.81. The van der Waals surface area contributed by atoms with E-state index in [4.69, 9.17) is 0 Å². The third-order valence-corrected chi connectivity index (χ3v) is 3.51. The molecular formula is C14H16N2O. The first-order valence-corrected chi connectivity index (χ1v) is 6.07. The second kappa shape index (κ2) is 4.09. The molecule has 1 atom stereocenters. The van der Waals surface area contributed by atoms with Gasteiger partial charge < -0.3 is 10.4 Å². The van der Waals surface area contributed by atoms with Crippen molar-refractivity contribution < 1.29 is 5.11 Å². The van der Waals surface area contributed by atoms with Crippen LogP contribution in [0.2, 0.25) is 0 Å². The Morgan fingerprint density at radius 2 is 2.18 bits per heavy atom. The Hall–Kier alpha value is -1.45. The van der Waals surface area contributed by atoms with Crippen molar-refractivity contribution in [2.45, 2.75) is 18.4 Å². The van der Waals surface area contributed by atoms with Crippen LogP contribution in [0.25, 0.3) is 10.9 Å². The van der Waals surface area contributed by atoms with Gasteiger partial charge in [0.25, 0.3) is 0 Å². The Kier molecular flexibility index (Phi) is 2.57. The van der Waals surface area contributed by atoms with E-state index >= 15 is 0 Å². The molecule has 3 nitrogen and oxygen atoms in total. The molecule has 0 bridgehead atoms. The monoisotopic (exact) mass is 228 g/mol. The highest BCUT2D eigenvalue weighted by molar-refractivity contribution is 5.82. The van der Waals surface area contributed by atoms with Gasteiger partial charge in [-0.05, 0) is 37.1 Å². The Morgan fingerprint density at radius 1 is 1.24 bits per heavy atom. The van der Waals surface area contributed by atoms with Crippen molar-refractivity contribution in [3.8, 4) is 0 Å². The summed E-state index contributed by atoms with van der Waals surface area (Å²) in [6, 6.07) is 9.92. The summed E-state index contributed by atoms with van der Waals surface area (Å²) in [6.45, 7) is 1.62. The van der Waals surface area contributed by atoms with Crippen LogP contribution in [0.15, 0.2) is 36.5 Å². The first kappa shape index (κ1) is 10.7. The summed E-state index contributed by atoms with van der Waals surface area (Å²) >= 11 is 0. The zero-order chi connectivity index (χ0) is 11.7. The zero-order valence-electron chi connectivity index (χ0n) is 9.69. The van der Waals surface area contributed by atoms with Crippen LogP contribution in [0.3, 0.4) is 0 Å². The number of nitrogens with zero attached hydrogens (tertiary/aromatic N) is 1.